The molecular weight excluding hydrogens is 766 g/mol. The van der Waals surface area contributed by atoms with Gasteiger partial charge in [0.25, 0.3) is 0 Å². The molecule has 0 aliphatic carbocycles. The second-order valence-corrected chi connectivity index (χ2v) is 15.4. The Morgan fingerprint density at radius 1 is 0.810 bits per heavy atom. The molecule has 2 fully saturated rings. The number of anilines is 2. The third-order valence-electron chi connectivity index (χ3n) is 10.2. The Morgan fingerprint density at radius 2 is 1.48 bits per heavy atom. The second kappa shape index (κ2) is 19.4. The Morgan fingerprint density at radius 3 is 2.22 bits per heavy atom. The lowest BCUT2D eigenvalue weighted by Gasteiger charge is -2.38. The van der Waals surface area contributed by atoms with Gasteiger partial charge in [-0.15, -0.1) is 0 Å². The molecule has 1 aromatic heterocycles. The number of carbonyl (C=O) groups is 6. The van der Waals surface area contributed by atoms with Crippen molar-refractivity contribution in [2.75, 3.05) is 56.0 Å². The van der Waals surface area contributed by atoms with Crippen LogP contribution in [0, 0.1) is 11.7 Å². The number of piperazine rings is 1. The van der Waals surface area contributed by atoms with Gasteiger partial charge >= 0.3 is 6.03 Å². The van der Waals surface area contributed by atoms with Gasteiger partial charge < -0.3 is 41.3 Å². The van der Waals surface area contributed by atoms with Crippen LogP contribution in [0.5, 0.6) is 0 Å². The molecule has 306 valence electrons. The van der Waals surface area contributed by atoms with E-state index in [4.69, 9.17) is 0 Å². The van der Waals surface area contributed by atoms with Crippen LogP contribution in [0.25, 0.3) is 10.1 Å². The quantitative estimate of drug-likeness (QED) is 0.129. The number of urea groups is 1. The van der Waals surface area contributed by atoms with E-state index in [1.54, 1.807) is 60.0 Å². The minimum absolute atomic E-state index is 0.0680. The number of hydrogen-bond donors (Lipinski definition) is 5. The summed E-state index contributed by atoms with van der Waals surface area (Å²) < 4.78 is 19.7. The Kier molecular flexibility index (Phi) is 13.9. The van der Waals surface area contributed by atoms with Gasteiger partial charge in [-0.25, -0.2) is 9.18 Å². The van der Waals surface area contributed by atoms with Crippen molar-refractivity contribution in [3.05, 3.63) is 90.2 Å². The first-order valence-electron chi connectivity index (χ1n) is 19.4. The Balaban J connectivity index is 1.01. The largest absolute Gasteiger partial charge is 0.352 e. The molecule has 0 unspecified atom stereocenters. The molecular formula is C41H48FN9O6S. The van der Waals surface area contributed by atoms with E-state index in [0.717, 1.165) is 21.5 Å². The third-order valence-corrected chi connectivity index (χ3v) is 11.0. The summed E-state index contributed by atoms with van der Waals surface area (Å²) in [6.45, 7) is 5.22. The van der Waals surface area contributed by atoms with Gasteiger partial charge in [-0.05, 0) is 60.1 Å². The molecule has 15 nitrogen and oxygen atoms in total. The summed E-state index contributed by atoms with van der Waals surface area (Å²) in [5.74, 6) is -2.50. The van der Waals surface area contributed by atoms with Crippen molar-refractivity contribution in [3.8, 4) is 0 Å². The van der Waals surface area contributed by atoms with Crippen molar-refractivity contribution < 1.29 is 33.2 Å². The van der Waals surface area contributed by atoms with Crippen LogP contribution in [-0.2, 0) is 30.4 Å². The fourth-order valence-corrected chi connectivity index (χ4v) is 7.93. The van der Waals surface area contributed by atoms with E-state index in [0.29, 0.717) is 45.6 Å². The van der Waals surface area contributed by atoms with E-state index in [1.807, 2.05) is 18.2 Å². The molecule has 0 spiro atoms. The molecule has 2 aliphatic heterocycles. The van der Waals surface area contributed by atoms with Crippen LogP contribution in [0.1, 0.15) is 32.3 Å². The smallest absolute Gasteiger partial charge is 0.319 e. The highest BCUT2D eigenvalue weighted by Crippen LogP contribution is 2.30. The maximum atomic E-state index is 14.0. The maximum absolute atomic E-state index is 14.0. The SMILES string of the molecule is CC(C)[C@H](NC(=O)CNC(=O)[C@H](Cc1ccccc1)NC(=O)CNC(=O)Nc1ccccc1F)C(=O)N1CCC[C@H]1C(=O)N1CCN(c2nsc3ccccc23)CC1. The van der Waals surface area contributed by atoms with Crippen molar-refractivity contribution in [2.45, 2.75) is 51.2 Å². The topological polar surface area (TPSA) is 185 Å². The minimum atomic E-state index is -1.12. The third kappa shape index (κ3) is 10.4. The number of rotatable bonds is 14. The standard InChI is InChI=1S/C41H48FN9O6S/c1-26(2)36(40(56)51-18-10-16-32(51)39(55)50-21-19-49(20-22-50)37-28-13-6-9-17-33(28)58-48-37)47-35(53)24-43-38(54)31(23-27-11-4-3-5-12-27)45-34(52)25-44-41(57)46-30-15-8-7-14-29(30)42/h3-9,11-15,17,26,31-32,36H,10,16,18-25H2,1-2H3,(H,43,54)(H,45,52)(H,47,53)(H2,44,46,57)/t31-,32-,36-/m0/s1. The van der Waals surface area contributed by atoms with E-state index in [9.17, 15) is 33.2 Å². The molecule has 2 saturated heterocycles. The number of hydrogen-bond acceptors (Lipinski definition) is 9. The zero-order chi connectivity index (χ0) is 41.2. The molecule has 3 heterocycles. The summed E-state index contributed by atoms with van der Waals surface area (Å²) in [5.41, 5.74) is 0.661. The predicted octanol–water partition coefficient (Wildman–Crippen LogP) is 2.88. The first-order chi connectivity index (χ1) is 28.0. The van der Waals surface area contributed by atoms with Gasteiger partial charge in [-0.2, -0.15) is 4.37 Å². The summed E-state index contributed by atoms with van der Waals surface area (Å²) in [6, 6.07) is 19.0. The van der Waals surface area contributed by atoms with Gasteiger partial charge in [0.2, 0.25) is 29.5 Å². The van der Waals surface area contributed by atoms with Gasteiger partial charge in [0.05, 0.1) is 23.5 Å². The summed E-state index contributed by atoms with van der Waals surface area (Å²) >= 11 is 1.45. The van der Waals surface area contributed by atoms with E-state index < -0.39 is 60.8 Å². The highest BCUT2D eigenvalue weighted by Gasteiger charge is 2.41. The van der Waals surface area contributed by atoms with Gasteiger partial charge in [-0.1, -0.05) is 68.4 Å². The van der Waals surface area contributed by atoms with Crippen LogP contribution >= 0.6 is 11.5 Å². The van der Waals surface area contributed by atoms with Gasteiger partial charge in [0.15, 0.2) is 0 Å². The number of fused-ring (bicyclic) bond motifs is 1. The number of aromatic nitrogens is 1. The van der Waals surface area contributed by atoms with Crippen LogP contribution in [0.3, 0.4) is 0 Å². The lowest BCUT2D eigenvalue weighted by Crippen LogP contribution is -2.58. The molecule has 0 bridgehead atoms. The molecule has 3 atom stereocenters. The zero-order valence-electron chi connectivity index (χ0n) is 32.4. The summed E-state index contributed by atoms with van der Waals surface area (Å²) in [7, 11) is 0. The Bertz CT molecular complexity index is 2110. The van der Waals surface area contributed by atoms with E-state index in [2.05, 4.69) is 41.9 Å². The van der Waals surface area contributed by atoms with Crippen LogP contribution in [0.4, 0.5) is 20.7 Å². The number of amides is 7. The van der Waals surface area contributed by atoms with Crippen LogP contribution in [0.15, 0.2) is 78.9 Å². The van der Waals surface area contributed by atoms with Gasteiger partial charge in [-0.3, -0.25) is 24.0 Å². The molecule has 58 heavy (non-hydrogen) atoms. The zero-order valence-corrected chi connectivity index (χ0v) is 33.2. The van der Waals surface area contributed by atoms with E-state index in [-0.39, 0.29) is 29.8 Å². The Labute approximate surface area is 339 Å². The molecule has 0 radical (unpaired) electrons. The van der Waals surface area contributed by atoms with Crippen LogP contribution in [-0.4, -0.2) is 114 Å². The lowest BCUT2D eigenvalue weighted by atomic mass is 10.0. The molecule has 2 aliphatic rings. The van der Waals surface area contributed by atoms with Crippen molar-refractivity contribution in [2.24, 2.45) is 5.92 Å². The lowest BCUT2D eigenvalue weighted by molar-refractivity contribution is -0.146. The molecule has 0 saturated carbocycles. The first kappa shape index (κ1) is 41.5. The molecule has 17 heteroatoms. The second-order valence-electron chi connectivity index (χ2n) is 14.6. The number of benzene rings is 3. The highest BCUT2D eigenvalue weighted by molar-refractivity contribution is 7.13. The molecule has 6 rings (SSSR count). The molecule has 7 amide bonds. The van der Waals surface area contributed by atoms with E-state index >= 15 is 0 Å². The average molecular weight is 814 g/mol. The monoisotopic (exact) mass is 813 g/mol. The van der Waals surface area contributed by atoms with Gasteiger partial charge in [0.1, 0.15) is 29.8 Å². The predicted molar refractivity (Wildman–Crippen MR) is 218 cm³/mol. The average Bonchev–Trinajstić information content (AvgIpc) is 3.90. The minimum Gasteiger partial charge on any atom is -0.352 e. The van der Waals surface area contributed by atoms with Crippen molar-refractivity contribution in [1.82, 2.24) is 35.4 Å². The normalized spacial score (nSPS) is 16.4. The number of likely N-dealkylation sites (tertiary alicyclic amines) is 1. The maximum Gasteiger partial charge on any atom is 0.319 e. The van der Waals surface area contributed by atoms with Gasteiger partial charge in [0, 0.05) is 44.5 Å². The first-order valence-corrected chi connectivity index (χ1v) is 20.1. The highest BCUT2D eigenvalue weighted by atomic mass is 32.1. The number of nitrogens with zero attached hydrogens (tertiary/aromatic N) is 4. The molecule has 4 aromatic rings. The molecule has 5 N–H and O–H groups in total. The van der Waals surface area contributed by atoms with Crippen molar-refractivity contribution in [3.63, 3.8) is 0 Å². The van der Waals surface area contributed by atoms with Crippen LogP contribution in [0.2, 0.25) is 0 Å². The van der Waals surface area contributed by atoms with Crippen molar-refractivity contribution in [1.29, 1.82) is 0 Å². The molecule has 3 aromatic carbocycles. The Hall–Kier alpha value is -6.10. The summed E-state index contributed by atoms with van der Waals surface area (Å²) in [6.07, 6.45) is 1.26. The van der Waals surface area contributed by atoms with Crippen molar-refractivity contribution >= 4 is 68.7 Å². The summed E-state index contributed by atoms with van der Waals surface area (Å²) in [5, 5.41) is 13.7. The number of carbonyl (C=O) groups excluding carboxylic acids is 6. The number of para-hydroxylation sites is 1. The number of nitrogens with one attached hydrogen (secondary N) is 5. The van der Waals surface area contributed by atoms with E-state index in [1.165, 1.54) is 29.7 Å². The fraction of sp³-hybridized carbons (Fsp3) is 0.390. The number of halogens is 1. The fourth-order valence-electron chi connectivity index (χ4n) is 7.14. The van der Waals surface area contributed by atoms with Crippen LogP contribution < -0.4 is 31.5 Å². The summed E-state index contributed by atoms with van der Waals surface area (Å²) in [4.78, 5) is 85.2.